The van der Waals surface area contributed by atoms with Gasteiger partial charge in [0, 0.05) is 32.7 Å². The quantitative estimate of drug-likeness (QED) is 0.565. The molecule has 7 heteroatoms. The van der Waals surface area contributed by atoms with Crippen molar-refractivity contribution < 1.29 is 13.7 Å². The molecule has 1 fully saturated rings. The van der Waals surface area contributed by atoms with Gasteiger partial charge in [-0.2, -0.15) is 0 Å². The highest BCUT2D eigenvalue weighted by molar-refractivity contribution is 6.33. The van der Waals surface area contributed by atoms with Crippen molar-refractivity contribution in [3.63, 3.8) is 0 Å². The maximum absolute atomic E-state index is 14.5. The average Bonchev–Trinajstić information content (AvgIpc) is 2.96. The van der Waals surface area contributed by atoms with Gasteiger partial charge in [-0.05, 0) is 43.5 Å². The highest BCUT2D eigenvalue weighted by Gasteiger charge is 2.29. The first-order valence-corrected chi connectivity index (χ1v) is 10.8. The molecule has 1 saturated heterocycles. The number of hydrogen-bond acceptors (Lipinski definition) is 4. The van der Waals surface area contributed by atoms with Crippen LogP contribution < -0.4 is 0 Å². The topological polar surface area (TPSA) is 49.6 Å². The maximum Gasteiger partial charge on any atom is 0.259 e. The second kappa shape index (κ2) is 9.20. The summed E-state index contributed by atoms with van der Waals surface area (Å²) in [4.78, 5) is 17.6. The second-order valence-electron chi connectivity index (χ2n) is 7.91. The molecule has 2 aromatic carbocycles. The number of rotatable bonds is 4. The van der Waals surface area contributed by atoms with Gasteiger partial charge in [0.25, 0.3) is 5.91 Å². The van der Waals surface area contributed by atoms with E-state index in [2.05, 4.69) is 35.2 Å². The van der Waals surface area contributed by atoms with Crippen molar-refractivity contribution in [2.45, 2.75) is 26.8 Å². The van der Waals surface area contributed by atoms with E-state index in [1.54, 1.807) is 17.9 Å². The van der Waals surface area contributed by atoms with Crippen molar-refractivity contribution in [2.24, 2.45) is 0 Å². The molecule has 0 unspecified atom stereocenters. The van der Waals surface area contributed by atoms with Crippen LogP contribution >= 0.6 is 11.6 Å². The Kier molecular flexibility index (Phi) is 6.39. The summed E-state index contributed by atoms with van der Waals surface area (Å²) in [5.74, 6) is -0.374. The number of carbonyl (C=O) groups excluding carboxylic acids is 1. The Hall–Kier alpha value is -2.70. The Morgan fingerprint density at radius 2 is 1.90 bits per heavy atom. The van der Waals surface area contributed by atoms with Crippen LogP contribution in [0.4, 0.5) is 4.39 Å². The lowest BCUT2D eigenvalue weighted by atomic mass is 10.0. The minimum Gasteiger partial charge on any atom is -0.360 e. The molecule has 0 aliphatic carbocycles. The highest BCUT2D eigenvalue weighted by atomic mass is 35.5. The van der Waals surface area contributed by atoms with E-state index in [0.717, 1.165) is 26.1 Å². The van der Waals surface area contributed by atoms with Crippen LogP contribution in [-0.2, 0) is 6.54 Å². The van der Waals surface area contributed by atoms with E-state index < -0.39 is 5.82 Å². The van der Waals surface area contributed by atoms with Crippen molar-refractivity contribution in [1.29, 1.82) is 0 Å². The largest absolute Gasteiger partial charge is 0.360 e. The van der Waals surface area contributed by atoms with Gasteiger partial charge in [-0.3, -0.25) is 9.69 Å². The number of nitrogens with zero attached hydrogens (tertiary/aromatic N) is 3. The van der Waals surface area contributed by atoms with Crippen LogP contribution in [0.1, 0.15) is 33.7 Å². The van der Waals surface area contributed by atoms with E-state index in [0.29, 0.717) is 18.8 Å². The SMILES string of the molecule is Cc1ccccc1CN1CCCN(C(=O)c2c(-c3c(F)cccc3Cl)noc2C)CC1. The number of carbonyl (C=O) groups is 1. The zero-order valence-electron chi connectivity index (χ0n) is 17.7. The highest BCUT2D eigenvalue weighted by Crippen LogP contribution is 2.34. The fourth-order valence-electron chi connectivity index (χ4n) is 4.04. The number of benzene rings is 2. The van der Waals surface area contributed by atoms with Crippen LogP contribution in [0.3, 0.4) is 0 Å². The summed E-state index contributed by atoms with van der Waals surface area (Å²) in [7, 11) is 0. The van der Waals surface area contributed by atoms with Crippen LogP contribution in [0.25, 0.3) is 11.3 Å². The van der Waals surface area contributed by atoms with Gasteiger partial charge in [0.15, 0.2) is 0 Å². The molecule has 0 radical (unpaired) electrons. The minimum absolute atomic E-state index is 0.0976. The predicted octanol–water partition coefficient (Wildman–Crippen LogP) is 5.10. The number of hydrogen-bond donors (Lipinski definition) is 0. The smallest absolute Gasteiger partial charge is 0.259 e. The van der Waals surface area contributed by atoms with Gasteiger partial charge in [-0.15, -0.1) is 0 Å². The fraction of sp³-hybridized carbons (Fsp3) is 0.333. The van der Waals surface area contributed by atoms with Gasteiger partial charge in [-0.25, -0.2) is 4.39 Å². The van der Waals surface area contributed by atoms with Crippen molar-refractivity contribution in [3.05, 3.63) is 75.8 Å². The summed E-state index contributed by atoms with van der Waals surface area (Å²) in [6, 6.07) is 12.8. The van der Waals surface area contributed by atoms with Gasteiger partial charge < -0.3 is 9.42 Å². The summed E-state index contributed by atoms with van der Waals surface area (Å²) in [6.07, 6.45) is 0.859. The van der Waals surface area contributed by atoms with Crippen molar-refractivity contribution in [1.82, 2.24) is 15.0 Å². The molecule has 0 atom stereocenters. The minimum atomic E-state index is -0.532. The summed E-state index contributed by atoms with van der Waals surface area (Å²) >= 11 is 6.22. The first-order valence-electron chi connectivity index (χ1n) is 10.4. The first kappa shape index (κ1) is 21.5. The van der Waals surface area contributed by atoms with E-state index in [1.165, 1.54) is 23.3 Å². The van der Waals surface area contributed by atoms with Crippen molar-refractivity contribution in [2.75, 3.05) is 26.2 Å². The first-order chi connectivity index (χ1) is 15.0. The summed E-state index contributed by atoms with van der Waals surface area (Å²) in [5, 5.41) is 4.17. The van der Waals surface area contributed by atoms with Crippen LogP contribution in [0, 0.1) is 19.7 Å². The third kappa shape index (κ3) is 4.50. The Labute approximate surface area is 186 Å². The van der Waals surface area contributed by atoms with E-state index >= 15 is 0 Å². The number of halogens is 2. The summed E-state index contributed by atoms with van der Waals surface area (Å²) in [6.45, 7) is 7.52. The molecule has 3 aromatic rings. The Morgan fingerprint density at radius 1 is 1.10 bits per heavy atom. The lowest BCUT2D eigenvalue weighted by Crippen LogP contribution is -2.35. The zero-order chi connectivity index (χ0) is 22.0. The molecule has 4 rings (SSSR count). The number of aryl methyl sites for hydroxylation is 2. The number of amides is 1. The van der Waals surface area contributed by atoms with E-state index in [4.69, 9.17) is 16.1 Å². The third-order valence-corrected chi connectivity index (χ3v) is 6.12. The monoisotopic (exact) mass is 441 g/mol. The van der Waals surface area contributed by atoms with Gasteiger partial charge >= 0.3 is 0 Å². The molecule has 5 nitrogen and oxygen atoms in total. The molecule has 31 heavy (non-hydrogen) atoms. The second-order valence-corrected chi connectivity index (χ2v) is 8.31. The Balaban J connectivity index is 1.53. The average molecular weight is 442 g/mol. The van der Waals surface area contributed by atoms with Crippen molar-refractivity contribution >= 4 is 17.5 Å². The molecular formula is C24H25ClFN3O2. The zero-order valence-corrected chi connectivity index (χ0v) is 18.5. The molecule has 1 aliphatic rings. The lowest BCUT2D eigenvalue weighted by molar-refractivity contribution is 0.0760. The Morgan fingerprint density at radius 3 is 2.68 bits per heavy atom. The Bertz CT molecular complexity index is 1080. The fourth-order valence-corrected chi connectivity index (χ4v) is 4.29. The van der Waals surface area contributed by atoms with E-state index in [9.17, 15) is 9.18 Å². The van der Waals surface area contributed by atoms with Crippen LogP contribution in [0.2, 0.25) is 5.02 Å². The van der Waals surface area contributed by atoms with Gasteiger partial charge in [0.1, 0.15) is 22.8 Å². The molecule has 0 saturated carbocycles. The third-order valence-electron chi connectivity index (χ3n) is 5.81. The molecule has 0 bridgehead atoms. The molecule has 0 N–H and O–H groups in total. The molecular weight excluding hydrogens is 417 g/mol. The summed E-state index contributed by atoms with van der Waals surface area (Å²) < 4.78 is 19.8. The predicted molar refractivity (Wildman–Crippen MR) is 119 cm³/mol. The lowest BCUT2D eigenvalue weighted by Gasteiger charge is -2.22. The maximum atomic E-state index is 14.5. The number of aromatic nitrogens is 1. The molecule has 1 amide bonds. The van der Waals surface area contributed by atoms with Crippen molar-refractivity contribution in [3.8, 4) is 11.3 Å². The van der Waals surface area contributed by atoms with E-state index in [1.807, 2.05) is 6.07 Å². The molecule has 1 aromatic heterocycles. The van der Waals surface area contributed by atoms with E-state index in [-0.39, 0.29) is 27.8 Å². The molecule has 162 valence electrons. The molecule has 2 heterocycles. The van der Waals surface area contributed by atoms with Crippen LogP contribution in [0.15, 0.2) is 47.0 Å². The standard InChI is InChI=1S/C24H25ClFN3O2/c1-16-7-3-4-8-18(16)15-28-11-6-12-29(14-13-28)24(30)21-17(2)31-27-23(21)22-19(25)9-5-10-20(22)26/h3-5,7-10H,6,11-15H2,1-2H3. The molecule has 0 spiro atoms. The summed E-state index contributed by atoms with van der Waals surface area (Å²) in [5.41, 5.74) is 3.10. The van der Waals surface area contributed by atoms with Crippen LogP contribution in [-0.4, -0.2) is 47.0 Å². The molecule has 1 aliphatic heterocycles. The van der Waals surface area contributed by atoms with Gasteiger partial charge in [0.05, 0.1) is 10.6 Å². The van der Waals surface area contributed by atoms with Gasteiger partial charge in [-0.1, -0.05) is 47.1 Å². The van der Waals surface area contributed by atoms with Crippen LogP contribution in [0.5, 0.6) is 0 Å². The van der Waals surface area contributed by atoms with Gasteiger partial charge in [0.2, 0.25) is 0 Å². The normalized spacial score (nSPS) is 15.2.